The van der Waals surface area contributed by atoms with Gasteiger partial charge in [-0.1, -0.05) is 44.0 Å². The Labute approximate surface area is 182 Å². The number of fused-ring (bicyclic) bond motifs is 1. The highest BCUT2D eigenvalue weighted by molar-refractivity contribution is 5.91. The lowest BCUT2D eigenvalue weighted by molar-refractivity contribution is -0.140. The number of amides is 1. The lowest BCUT2D eigenvalue weighted by atomic mass is 10.1. The molecule has 2 N–H and O–H groups in total. The normalized spacial score (nSPS) is 15.3. The SMILES string of the molecule is CCCCC(O)C(=O)N1CCN(c2nc(-c3ccccc3O)nc3ccccc23)CC1. The molecule has 7 heteroatoms. The number of phenols is 1. The second-order valence-electron chi connectivity index (χ2n) is 7.88. The predicted molar refractivity (Wildman–Crippen MR) is 121 cm³/mol. The van der Waals surface area contributed by atoms with Gasteiger partial charge in [-0.3, -0.25) is 4.79 Å². The fourth-order valence-corrected chi connectivity index (χ4v) is 3.95. The Morgan fingerprint density at radius 1 is 1.03 bits per heavy atom. The molecule has 1 aromatic heterocycles. The van der Waals surface area contributed by atoms with E-state index in [4.69, 9.17) is 4.98 Å². The first-order chi connectivity index (χ1) is 15.1. The number of hydrogen-bond donors (Lipinski definition) is 2. The Bertz CT molecular complexity index is 1060. The van der Waals surface area contributed by atoms with E-state index in [2.05, 4.69) is 9.88 Å². The van der Waals surface area contributed by atoms with E-state index in [1.807, 2.05) is 37.3 Å². The van der Waals surface area contributed by atoms with Gasteiger partial charge in [-0.2, -0.15) is 0 Å². The van der Waals surface area contributed by atoms with E-state index < -0.39 is 6.10 Å². The second-order valence-corrected chi connectivity index (χ2v) is 7.88. The third kappa shape index (κ3) is 4.46. The van der Waals surface area contributed by atoms with Crippen LogP contribution in [0.1, 0.15) is 26.2 Å². The topological polar surface area (TPSA) is 89.8 Å². The van der Waals surface area contributed by atoms with Crippen LogP contribution in [0.25, 0.3) is 22.3 Å². The van der Waals surface area contributed by atoms with E-state index in [1.54, 1.807) is 23.1 Å². The van der Waals surface area contributed by atoms with Gasteiger partial charge in [-0.05, 0) is 30.7 Å². The summed E-state index contributed by atoms with van der Waals surface area (Å²) in [4.78, 5) is 25.9. The summed E-state index contributed by atoms with van der Waals surface area (Å²) < 4.78 is 0. The van der Waals surface area contributed by atoms with Gasteiger partial charge in [0.2, 0.25) is 0 Å². The van der Waals surface area contributed by atoms with Gasteiger partial charge in [-0.25, -0.2) is 9.97 Å². The average molecular weight is 421 g/mol. The molecule has 0 spiro atoms. The number of aliphatic hydroxyl groups excluding tert-OH is 1. The van der Waals surface area contributed by atoms with Gasteiger partial charge < -0.3 is 20.0 Å². The largest absolute Gasteiger partial charge is 0.507 e. The molecule has 3 aromatic rings. The molecule has 0 bridgehead atoms. The predicted octanol–water partition coefficient (Wildman–Crippen LogP) is 3.20. The average Bonchev–Trinajstić information content (AvgIpc) is 2.81. The molecule has 2 heterocycles. The van der Waals surface area contributed by atoms with E-state index in [0.29, 0.717) is 44.0 Å². The summed E-state index contributed by atoms with van der Waals surface area (Å²) in [7, 11) is 0. The Hall–Kier alpha value is -3.19. The molecule has 0 saturated carbocycles. The summed E-state index contributed by atoms with van der Waals surface area (Å²) in [6, 6.07) is 14.9. The monoisotopic (exact) mass is 420 g/mol. The Morgan fingerprint density at radius 3 is 2.48 bits per heavy atom. The number of carbonyl (C=O) groups is 1. The van der Waals surface area contributed by atoms with Gasteiger partial charge in [0.05, 0.1) is 11.1 Å². The van der Waals surface area contributed by atoms with Gasteiger partial charge >= 0.3 is 0 Å². The number of hydrogen-bond acceptors (Lipinski definition) is 6. The maximum Gasteiger partial charge on any atom is 0.251 e. The number of para-hydroxylation sites is 2. The van der Waals surface area contributed by atoms with Gasteiger partial charge in [-0.15, -0.1) is 0 Å². The molecule has 0 radical (unpaired) electrons. The van der Waals surface area contributed by atoms with Crippen molar-refractivity contribution < 1.29 is 15.0 Å². The van der Waals surface area contributed by atoms with Gasteiger partial charge in [0, 0.05) is 31.6 Å². The molecule has 1 unspecified atom stereocenters. The number of piperazine rings is 1. The molecule has 1 amide bonds. The van der Waals surface area contributed by atoms with Crippen LogP contribution in [-0.4, -0.2) is 63.3 Å². The zero-order valence-electron chi connectivity index (χ0n) is 17.7. The van der Waals surface area contributed by atoms with Crippen LogP contribution in [-0.2, 0) is 4.79 Å². The van der Waals surface area contributed by atoms with Crippen LogP contribution < -0.4 is 4.90 Å². The highest BCUT2D eigenvalue weighted by Gasteiger charge is 2.27. The molecule has 0 aliphatic carbocycles. The summed E-state index contributed by atoms with van der Waals surface area (Å²) in [6.07, 6.45) is 1.39. The molecule has 31 heavy (non-hydrogen) atoms. The van der Waals surface area contributed by atoms with Gasteiger partial charge in [0.1, 0.15) is 17.7 Å². The number of benzene rings is 2. The molecule has 2 aromatic carbocycles. The lowest BCUT2D eigenvalue weighted by Gasteiger charge is -2.36. The first-order valence-corrected chi connectivity index (χ1v) is 10.9. The number of aromatic hydroxyl groups is 1. The van der Waals surface area contributed by atoms with Crippen LogP contribution in [0.5, 0.6) is 5.75 Å². The molecular formula is C24H28N4O3. The van der Waals surface area contributed by atoms with Crippen LogP contribution in [0.15, 0.2) is 48.5 Å². The number of rotatable bonds is 6. The fourth-order valence-electron chi connectivity index (χ4n) is 3.95. The smallest absolute Gasteiger partial charge is 0.251 e. The Morgan fingerprint density at radius 2 is 1.74 bits per heavy atom. The number of carbonyl (C=O) groups excluding carboxylic acids is 1. The molecule has 162 valence electrons. The molecule has 4 rings (SSSR count). The third-order valence-corrected chi connectivity index (χ3v) is 5.74. The van der Waals surface area contributed by atoms with Crippen molar-refractivity contribution in [2.75, 3.05) is 31.1 Å². The van der Waals surface area contributed by atoms with Gasteiger partial charge in [0.25, 0.3) is 5.91 Å². The van der Waals surface area contributed by atoms with E-state index in [9.17, 15) is 15.0 Å². The second kappa shape index (κ2) is 9.31. The van der Waals surface area contributed by atoms with Crippen molar-refractivity contribution in [3.05, 3.63) is 48.5 Å². The maximum atomic E-state index is 12.5. The van der Waals surface area contributed by atoms with Crippen molar-refractivity contribution in [1.82, 2.24) is 14.9 Å². The Kier molecular flexibility index (Phi) is 6.32. The van der Waals surface area contributed by atoms with Crippen molar-refractivity contribution in [2.45, 2.75) is 32.3 Å². The number of phenolic OH excluding ortho intramolecular Hbond substituents is 1. The lowest BCUT2D eigenvalue weighted by Crippen LogP contribution is -2.51. The molecular weight excluding hydrogens is 392 g/mol. The van der Waals surface area contributed by atoms with Crippen molar-refractivity contribution in [3.8, 4) is 17.1 Å². The van der Waals surface area contributed by atoms with E-state index in [-0.39, 0.29) is 11.7 Å². The fraction of sp³-hybridized carbons (Fsp3) is 0.375. The first kappa shape index (κ1) is 21.1. The highest BCUT2D eigenvalue weighted by Crippen LogP contribution is 2.31. The van der Waals surface area contributed by atoms with Crippen molar-refractivity contribution in [3.63, 3.8) is 0 Å². The maximum absolute atomic E-state index is 12.5. The summed E-state index contributed by atoms with van der Waals surface area (Å²) >= 11 is 0. The zero-order valence-corrected chi connectivity index (χ0v) is 17.7. The van der Waals surface area contributed by atoms with Crippen molar-refractivity contribution in [1.29, 1.82) is 0 Å². The minimum absolute atomic E-state index is 0.139. The number of anilines is 1. The summed E-state index contributed by atoms with van der Waals surface area (Å²) in [5, 5.41) is 21.4. The minimum Gasteiger partial charge on any atom is -0.507 e. The molecule has 1 saturated heterocycles. The van der Waals surface area contributed by atoms with Crippen LogP contribution in [0.4, 0.5) is 5.82 Å². The summed E-state index contributed by atoms with van der Waals surface area (Å²) in [5.41, 5.74) is 1.39. The summed E-state index contributed by atoms with van der Waals surface area (Å²) in [6.45, 7) is 4.35. The Balaban J connectivity index is 1.59. The number of nitrogens with zero attached hydrogens (tertiary/aromatic N) is 4. The van der Waals surface area contributed by atoms with Crippen LogP contribution in [0.2, 0.25) is 0 Å². The summed E-state index contributed by atoms with van der Waals surface area (Å²) in [5.74, 6) is 1.22. The van der Waals surface area contributed by atoms with E-state index in [0.717, 1.165) is 29.6 Å². The molecule has 7 nitrogen and oxygen atoms in total. The van der Waals surface area contributed by atoms with Crippen LogP contribution in [0, 0.1) is 0 Å². The minimum atomic E-state index is -0.918. The number of aliphatic hydroxyl groups is 1. The van der Waals surface area contributed by atoms with Crippen LogP contribution >= 0.6 is 0 Å². The van der Waals surface area contributed by atoms with Gasteiger partial charge in [0.15, 0.2) is 5.82 Å². The van der Waals surface area contributed by atoms with E-state index in [1.165, 1.54) is 0 Å². The zero-order chi connectivity index (χ0) is 21.8. The standard InChI is InChI=1S/C24H28N4O3/c1-2-3-11-21(30)24(31)28-15-13-27(14-16-28)23-17-8-4-6-10-19(17)25-22(26-23)18-9-5-7-12-20(18)29/h4-10,12,21,29-30H,2-3,11,13-16H2,1H3. The van der Waals surface area contributed by atoms with E-state index >= 15 is 0 Å². The molecule has 1 aliphatic heterocycles. The molecule has 1 aliphatic rings. The number of unbranched alkanes of at least 4 members (excludes halogenated alkanes) is 1. The van der Waals surface area contributed by atoms with Crippen molar-refractivity contribution in [2.24, 2.45) is 0 Å². The number of aromatic nitrogens is 2. The first-order valence-electron chi connectivity index (χ1n) is 10.9. The van der Waals surface area contributed by atoms with Crippen LogP contribution in [0.3, 0.4) is 0 Å². The molecule has 1 fully saturated rings. The third-order valence-electron chi connectivity index (χ3n) is 5.74. The molecule has 1 atom stereocenters. The van der Waals surface area contributed by atoms with Crippen molar-refractivity contribution >= 4 is 22.6 Å². The highest BCUT2D eigenvalue weighted by atomic mass is 16.3. The quantitative estimate of drug-likeness (QED) is 0.637.